The molecule has 1 aliphatic carbocycles. The molecule has 2 N–H and O–H groups in total. The summed E-state index contributed by atoms with van der Waals surface area (Å²) in [6, 6.07) is 0. The first kappa shape index (κ1) is 20.5. The fourth-order valence-electron chi connectivity index (χ4n) is 4.45. The molecular weight excluding hydrogens is 336 g/mol. The molecule has 146 valence electrons. The van der Waals surface area contributed by atoms with E-state index >= 15 is 0 Å². The Morgan fingerprint density at radius 2 is 1.72 bits per heavy atom. The van der Waals surface area contributed by atoms with Gasteiger partial charge in [0, 0.05) is 32.2 Å². The number of nitrogens with one attached hydrogen (secondary N) is 2. The van der Waals surface area contributed by atoms with Crippen LogP contribution in [0.2, 0.25) is 0 Å². The lowest BCUT2D eigenvalue weighted by Crippen LogP contribution is -2.56. The molecule has 0 bridgehead atoms. The highest BCUT2D eigenvalue weighted by Crippen LogP contribution is 2.42. The predicted molar refractivity (Wildman–Crippen MR) is 104 cm³/mol. The van der Waals surface area contributed by atoms with Crippen LogP contribution in [-0.2, 0) is 10.0 Å². The van der Waals surface area contributed by atoms with Gasteiger partial charge in [0.2, 0.25) is 10.0 Å². The molecule has 2 rings (SSSR count). The maximum atomic E-state index is 11.5. The van der Waals surface area contributed by atoms with E-state index in [0.29, 0.717) is 12.0 Å². The van der Waals surface area contributed by atoms with Crippen LogP contribution in [0.25, 0.3) is 0 Å². The summed E-state index contributed by atoms with van der Waals surface area (Å²) >= 11 is 0. The molecule has 0 aromatic heterocycles. The number of hydrogen-bond donors (Lipinski definition) is 2. The second kappa shape index (κ2) is 8.25. The van der Waals surface area contributed by atoms with Crippen molar-refractivity contribution < 1.29 is 8.42 Å². The predicted octanol–water partition coefficient (Wildman–Crippen LogP) is 2.33. The molecule has 0 atom stereocenters. The molecule has 7 heteroatoms. The molecule has 0 unspecified atom stereocenters. The summed E-state index contributed by atoms with van der Waals surface area (Å²) in [5.41, 5.74) is -0.105. The number of likely N-dealkylation sites (tertiary alicyclic amines) is 1. The van der Waals surface area contributed by atoms with E-state index in [-0.39, 0.29) is 0 Å². The summed E-state index contributed by atoms with van der Waals surface area (Å²) < 4.78 is 25.7. The first-order valence-corrected chi connectivity index (χ1v) is 11.5. The van der Waals surface area contributed by atoms with Crippen molar-refractivity contribution in [2.75, 3.05) is 32.9 Å². The number of guanidine groups is 1. The normalized spacial score (nSPS) is 22.7. The van der Waals surface area contributed by atoms with E-state index in [2.05, 4.69) is 19.9 Å². The van der Waals surface area contributed by atoms with Crippen molar-refractivity contribution in [1.82, 2.24) is 14.9 Å². The van der Waals surface area contributed by atoms with Gasteiger partial charge in [-0.2, -0.15) is 0 Å². The van der Waals surface area contributed by atoms with Gasteiger partial charge in [-0.05, 0) is 44.9 Å². The number of piperidine rings is 1. The molecule has 2 aliphatic rings. The Hall–Kier alpha value is -0.820. The average molecular weight is 373 g/mol. The minimum absolute atomic E-state index is 0.451. The molecule has 1 saturated heterocycles. The Bertz CT molecular complexity index is 564. The van der Waals surface area contributed by atoms with Gasteiger partial charge in [-0.3, -0.25) is 4.99 Å². The van der Waals surface area contributed by atoms with E-state index in [1.54, 1.807) is 0 Å². The van der Waals surface area contributed by atoms with E-state index in [9.17, 15) is 8.42 Å². The molecule has 1 spiro atoms. The van der Waals surface area contributed by atoms with Gasteiger partial charge in [0.25, 0.3) is 0 Å². The topological polar surface area (TPSA) is 73.8 Å². The van der Waals surface area contributed by atoms with Crippen LogP contribution in [0.5, 0.6) is 0 Å². The summed E-state index contributed by atoms with van der Waals surface area (Å²) in [4.78, 5) is 6.85. The zero-order valence-electron chi connectivity index (χ0n) is 16.4. The smallest absolute Gasteiger partial charge is 0.209 e. The average Bonchev–Trinajstić information content (AvgIpc) is 2.71. The monoisotopic (exact) mass is 372 g/mol. The SMILES string of the molecule is CN=C(NCC(C)(C)NS(C)(=O)=O)N1CCCC2(CCCCCC2)C1. The standard InChI is InChI=1S/C18H36N4O2S/c1-17(2,21-25(4,23)24)14-20-16(19-3)22-13-9-12-18(15-22)10-7-5-6-8-11-18/h21H,5-15H2,1-4H3,(H,19,20). The maximum Gasteiger partial charge on any atom is 0.209 e. The van der Waals surface area contributed by atoms with Crippen molar-refractivity contribution >= 4 is 16.0 Å². The van der Waals surface area contributed by atoms with Gasteiger partial charge in [0.1, 0.15) is 0 Å². The van der Waals surface area contributed by atoms with Gasteiger partial charge in [-0.15, -0.1) is 0 Å². The summed E-state index contributed by atoms with van der Waals surface area (Å²) in [5, 5.41) is 3.39. The lowest BCUT2D eigenvalue weighted by molar-refractivity contribution is 0.115. The molecular formula is C18H36N4O2S. The quantitative estimate of drug-likeness (QED) is 0.587. The van der Waals surface area contributed by atoms with Crippen LogP contribution in [0.3, 0.4) is 0 Å². The van der Waals surface area contributed by atoms with Gasteiger partial charge in [-0.1, -0.05) is 25.7 Å². The fourth-order valence-corrected chi connectivity index (χ4v) is 5.52. The first-order valence-electron chi connectivity index (χ1n) is 9.59. The molecule has 1 heterocycles. The molecule has 0 radical (unpaired) electrons. The summed E-state index contributed by atoms with van der Waals surface area (Å²) in [7, 11) is -1.42. The Labute approximate surface area is 153 Å². The molecule has 2 fully saturated rings. The van der Waals surface area contributed by atoms with Crippen LogP contribution in [0.15, 0.2) is 4.99 Å². The minimum atomic E-state index is -3.23. The third-order valence-electron chi connectivity index (χ3n) is 5.49. The Balaban J connectivity index is 1.98. The zero-order chi connectivity index (χ0) is 18.6. The molecule has 1 saturated carbocycles. The summed E-state index contributed by atoms with van der Waals surface area (Å²) in [5.74, 6) is 0.895. The van der Waals surface area contributed by atoms with Crippen molar-refractivity contribution in [3.63, 3.8) is 0 Å². The number of hydrogen-bond acceptors (Lipinski definition) is 3. The van der Waals surface area contributed by atoms with Gasteiger partial charge in [-0.25, -0.2) is 13.1 Å². The summed E-state index contributed by atoms with van der Waals surface area (Å²) in [6.07, 6.45) is 11.9. The number of nitrogens with zero attached hydrogens (tertiary/aromatic N) is 2. The van der Waals surface area contributed by atoms with Crippen molar-refractivity contribution in [3.8, 4) is 0 Å². The fraction of sp³-hybridized carbons (Fsp3) is 0.944. The molecule has 0 amide bonds. The van der Waals surface area contributed by atoms with Crippen LogP contribution >= 0.6 is 0 Å². The second-order valence-electron chi connectivity index (χ2n) is 8.60. The number of aliphatic imine (C=N–C) groups is 1. The molecule has 6 nitrogen and oxygen atoms in total. The molecule has 0 aromatic rings. The van der Waals surface area contributed by atoms with Crippen molar-refractivity contribution in [2.24, 2.45) is 10.4 Å². The lowest BCUT2D eigenvalue weighted by atomic mass is 9.74. The minimum Gasteiger partial charge on any atom is -0.354 e. The third-order valence-corrected chi connectivity index (χ3v) is 6.41. The molecule has 25 heavy (non-hydrogen) atoms. The number of sulfonamides is 1. The van der Waals surface area contributed by atoms with E-state index < -0.39 is 15.6 Å². The first-order chi connectivity index (χ1) is 11.6. The Morgan fingerprint density at radius 1 is 1.12 bits per heavy atom. The Kier molecular flexibility index (Phi) is 6.76. The van der Waals surface area contributed by atoms with Crippen LogP contribution < -0.4 is 10.0 Å². The molecule has 0 aromatic carbocycles. The van der Waals surface area contributed by atoms with Crippen molar-refractivity contribution in [2.45, 2.75) is 70.8 Å². The van der Waals surface area contributed by atoms with E-state index in [0.717, 1.165) is 19.0 Å². The zero-order valence-corrected chi connectivity index (χ0v) is 17.2. The molecule has 1 aliphatic heterocycles. The van der Waals surface area contributed by atoms with E-state index in [4.69, 9.17) is 0 Å². The van der Waals surface area contributed by atoms with Crippen molar-refractivity contribution in [3.05, 3.63) is 0 Å². The maximum absolute atomic E-state index is 11.5. The van der Waals surface area contributed by atoms with Crippen LogP contribution in [-0.4, -0.2) is 57.8 Å². The van der Waals surface area contributed by atoms with Gasteiger partial charge in [0.05, 0.1) is 6.26 Å². The van der Waals surface area contributed by atoms with Crippen LogP contribution in [0.4, 0.5) is 0 Å². The largest absolute Gasteiger partial charge is 0.354 e. The highest BCUT2D eigenvalue weighted by Gasteiger charge is 2.36. The van der Waals surface area contributed by atoms with Gasteiger partial charge in [0.15, 0.2) is 5.96 Å². The van der Waals surface area contributed by atoms with E-state index in [1.165, 1.54) is 57.6 Å². The van der Waals surface area contributed by atoms with Crippen LogP contribution in [0.1, 0.15) is 65.2 Å². The summed E-state index contributed by atoms with van der Waals surface area (Å²) in [6.45, 7) is 6.39. The second-order valence-corrected chi connectivity index (χ2v) is 10.3. The number of rotatable bonds is 4. The van der Waals surface area contributed by atoms with Gasteiger partial charge < -0.3 is 10.2 Å². The third kappa shape index (κ3) is 6.44. The lowest BCUT2D eigenvalue weighted by Gasteiger charge is -2.44. The highest BCUT2D eigenvalue weighted by molar-refractivity contribution is 7.88. The van der Waals surface area contributed by atoms with Crippen molar-refractivity contribution in [1.29, 1.82) is 0 Å². The van der Waals surface area contributed by atoms with E-state index in [1.807, 2.05) is 20.9 Å². The highest BCUT2D eigenvalue weighted by atomic mass is 32.2. The van der Waals surface area contributed by atoms with Gasteiger partial charge >= 0.3 is 0 Å². The Morgan fingerprint density at radius 3 is 2.28 bits per heavy atom. The van der Waals surface area contributed by atoms with Crippen LogP contribution in [0, 0.1) is 5.41 Å².